The Hall–Kier alpha value is -1.85. The molecule has 0 aromatic heterocycles. The summed E-state index contributed by atoms with van der Waals surface area (Å²) in [6.07, 6.45) is 0.493. The van der Waals surface area contributed by atoms with Gasteiger partial charge in [0.05, 0.1) is 24.1 Å². The van der Waals surface area contributed by atoms with Crippen LogP contribution >= 0.6 is 11.6 Å². The molecule has 0 spiro atoms. The zero-order chi connectivity index (χ0) is 21.5. The van der Waals surface area contributed by atoms with E-state index in [1.807, 2.05) is 30.3 Å². The first kappa shape index (κ1) is 23.4. The zero-order valence-electron chi connectivity index (χ0n) is 15.8. The predicted octanol–water partition coefficient (Wildman–Crippen LogP) is 2.62. The number of hydrogen-bond acceptors (Lipinski definition) is 8. The molecule has 160 valence electrons. The highest BCUT2D eigenvalue weighted by atomic mass is 35.5. The van der Waals surface area contributed by atoms with Crippen LogP contribution in [0.25, 0.3) is 0 Å². The van der Waals surface area contributed by atoms with E-state index in [1.165, 1.54) is 0 Å². The van der Waals surface area contributed by atoms with Crippen LogP contribution < -0.4 is 9.47 Å². The van der Waals surface area contributed by atoms with Gasteiger partial charge < -0.3 is 9.47 Å². The maximum absolute atomic E-state index is 11.4. The van der Waals surface area contributed by atoms with Gasteiger partial charge in [-0.15, -0.1) is 0 Å². The molecule has 2 aromatic rings. The van der Waals surface area contributed by atoms with Gasteiger partial charge in [0.25, 0.3) is 20.2 Å². The summed E-state index contributed by atoms with van der Waals surface area (Å²) in [7, 11) is -7.66. The Balaban J connectivity index is 2.10. The molecule has 0 unspecified atom stereocenters. The molecule has 1 atom stereocenters. The molecule has 29 heavy (non-hydrogen) atoms. The van der Waals surface area contributed by atoms with Gasteiger partial charge in [-0.3, -0.25) is 8.37 Å². The molecule has 0 saturated carbocycles. The molecule has 0 bridgehead atoms. The molecule has 0 amide bonds. The van der Waals surface area contributed by atoms with Crippen molar-refractivity contribution in [3.8, 4) is 11.5 Å². The van der Waals surface area contributed by atoms with Crippen molar-refractivity contribution in [1.82, 2.24) is 0 Å². The van der Waals surface area contributed by atoms with Gasteiger partial charge in [0.15, 0.2) is 11.5 Å². The maximum Gasteiger partial charge on any atom is 0.264 e. The second-order valence-electron chi connectivity index (χ2n) is 6.06. The fraction of sp³-hybridized carbons (Fsp3) is 0.333. The lowest BCUT2D eigenvalue weighted by Gasteiger charge is -2.19. The fourth-order valence-corrected chi connectivity index (χ4v) is 3.43. The zero-order valence-corrected chi connectivity index (χ0v) is 18.2. The van der Waals surface area contributed by atoms with Crippen molar-refractivity contribution in [2.45, 2.75) is 12.7 Å². The van der Waals surface area contributed by atoms with Crippen molar-refractivity contribution >= 4 is 31.8 Å². The SMILES string of the molecule is CS(=O)(=O)OC[C@H](COc1cccc(Cl)c1OCc1ccccc1)OS(C)(=O)=O. The molecule has 0 N–H and O–H groups in total. The van der Waals surface area contributed by atoms with Crippen molar-refractivity contribution in [3.63, 3.8) is 0 Å². The standard InChI is InChI=1S/C18H21ClO8S2/c1-28(20,21)26-13-15(27-29(2,22)23)12-24-17-10-6-9-16(19)18(17)25-11-14-7-4-3-5-8-14/h3-10,15H,11-13H2,1-2H3/t15-/m0/s1. The summed E-state index contributed by atoms with van der Waals surface area (Å²) < 4.78 is 66.1. The van der Waals surface area contributed by atoms with Gasteiger partial charge >= 0.3 is 0 Å². The molecular formula is C18H21ClO8S2. The number of hydrogen-bond donors (Lipinski definition) is 0. The van der Waals surface area contributed by atoms with E-state index in [9.17, 15) is 16.8 Å². The molecule has 0 fully saturated rings. The summed E-state index contributed by atoms with van der Waals surface area (Å²) in [6.45, 7) is -0.612. The second kappa shape index (κ2) is 10.3. The van der Waals surface area contributed by atoms with Crippen molar-refractivity contribution < 1.29 is 34.7 Å². The summed E-state index contributed by atoms with van der Waals surface area (Å²) in [5.74, 6) is 0.509. The summed E-state index contributed by atoms with van der Waals surface area (Å²) in [5.41, 5.74) is 0.915. The molecule has 0 saturated heterocycles. The number of benzene rings is 2. The molecule has 0 heterocycles. The third-order valence-corrected chi connectivity index (χ3v) is 4.84. The van der Waals surface area contributed by atoms with Crippen molar-refractivity contribution in [2.24, 2.45) is 0 Å². The van der Waals surface area contributed by atoms with E-state index in [0.717, 1.165) is 18.1 Å². The summed E-state index contributed by atoms with van der Waals surface area (Å²) in [5, 5.41) is 0.298. The van der Waals surface area contributed by atoms with Crippen LogP contribution in [0.3, 0.4) is 0 Å². The Morgan fingerprint density at radius 1 is 0.862 bits per heavy atom. The number of ether oxygens (including phenoxy) is 2. The molecule has 0 aliphatic carbocycles. The lowest BCUT2D eigenvalue weighted by molar-refractivity contribution is 0.0879. The molecule has 2 aromatic carbocycles. The Bertz CT molecular complexity index is 1010. The third-order valence-electron chi connectivity index (χ3n) is 3.36. The van der Waals surface area contributed by atoms with Crippen LogP contribution in [0.2, 0.25) is 5.02 Å². The Morgan fingerprint density at radius 3 is 2.17 bits per heavy atom. The van der Waals surface area contributed by atoms with Gasteiger partial charge in [-0.05, 0) is 17.7 Å². The van der Waals surface area contributed by atoms with Gasteiger partial charge in [-0.25, -0.2) is 0 Å². The van der Waals surface area contributed by atoms with Gasteiger partial charge in [0.1, 0.15) is 19.3 Å². The first-order valence-electron chi connectivity index (χ1n) is 8.34. The minimum atomic E-state index is -3.87. The monoisotopic (exact) mass is 464 g/mol. The molecule has 0 aliphatic heterocycles. The van der Waals surface area contributed by atoms with Gasteiger partial charge in [0.2, 0.25) is 0 Å². The average molecular weight is 465 g/mol. The Kier molecular flexibility index (Phi) is 8.29. The van der Waals surface area contributed by atoms with E-state index in [0.29, 0.717) is 5.02 Å². The highest BCUT2D eigenvalue weighted by Crippen LogP contribution is 2.35. The van der Waals surface area contributed by atoms with Crippen molar-refractivity contribution in [3.05, 3.63) is 59.1 Å². The number of para-hydroxylation sites is 1. The van der Waals surface area contributed by atoms with Crippen molar-refractivity contribution in [1.29, 1.82) is 0 Å². The van der Waals surface area contributed by atoms with Crippen LogP contribution in [0.5, 0.6) is 11.5 Å². The van der Waals surface area contributed by atoms with Gasteiger partial charge in [-0.1, -0.05) is 48.0 Å². The molecular weight excluding hydrogens is 444 g/mol. The minimum absolute atomic E-state index is 0.237. The van der Waals surface area contributed by atoms with Gasteiger partial charge in [-0.2, -0.15) is 16.8 Å². The Morgan fingerprint density at radius 2 is 1.55 bits per heavy atom. The van der Waals surface area contributed by atoms with Crippen LogP contribution in [0.4, 0.5) is 0 Å². The fourth-order valence-electron chi connectivity index (χ4n) is 2.21. The van der Waals surface area contributed by atoms with Crippen LogP contribution in [0.15, 0.2) is 48.5 Å². The second-order valence-corrected chi connectivity index (χ2v) is 9.72. The predicted molar refractivity (Wildman–Crippen MR) is 108 cm³/mol. The minimum Gasteiger partial charge on any atom is -0.487 e. The molecule has 2 rings (SSSR count). The average Bonchev–Trinajstić information content (AvgIpc) is 2.62. The first-order chi connectivity index (χ1) is 13.5. The lowest BCUT2D eigenvalue weighted by Crippen LogP contribution is -2.30. The van der Waals surface area contributed by atoms with Crippen LogP contribution in [-0.4, -0.2) is 48.7 Å². The van der Waals surface area contributed by atoms with Crippen LogP contribution in [-0.2, 0) is 35.2 Å². The van der Waals surface area contributed by atoms with E-state index in [-0.39, 0.29) is 24.7 Å². The summed E-state index contributed by atoms with van der Waals surface area (Å²) in [4.78, 5) is 0. The summed E-state index contributed by atoms with van der Waals surface area (Å²) in [6, 6.07) is 14.2. The highest BCUT2D eigenvalue weighted by Gasteiger charge is 2.21. The molecule has 0 radical (unpaired) electrons. The lowest BCUT2D eigenvalue weighted by atomic mass is 10.2. The largest absolute Gasteiger partial charge is 0.487 e. The molecule has 8 nitrogen and oxygen atoms in total. The van der Waals surface area contributed by atoms with Crippen molar-refractivity contribution in [2.75, 3.05) is 25.7 Å². The van der Waals surface area contributed by atoms with E-state index >= 15 is 0 Å². The molecule has 11 heteroatoms. The van der Waals surface area contributed by atoms with Gasteiger partial charge in [0, 0.05) is 0 Å². The smallest absolute Gasteiger partial charge is 0.264 e. The normalized spacial score (nSPS) is 13.1. The molecule has 0 aliphatic rings. The number of halogens is 1. The Labute approximate surface area is 175 Å². The van der Waals surface area contributed by atoms with E-state index in [2.05, 4.69) is 4.18 Å². The summed E-state index contributed by atoms with van der Waals surface area (Å²) >= 11 is 6.20. The van der Waals surface area contributed by atoms with Crippen LogP contribution in [0, 0.1) is 0 Å². The highest BCUT2D eigenvalue weighted by molar-refractivity contribution is 7.86. The maximum atomic E-state index is 11.4. The topological polar surface area (TPSA) is 105 Å². The van der Waals surface area contributed by atoms with E-state index < -0.39 is 32.9 Å². The first-order valence-corrected chi connectivity index (χ1v) is 12.4. The third kappa shape index (κ3) is 9.01. The van der Waals surface area contributed by atoms with Crippen LogP contribution in [0.1, 0.15) is 5.56 Å². The number of rotatable bonds is 11. The van der Waals surface area contributed by atoms with E-state index in [4.69, 9.17) is 25.3 Å². The van der Waals surface area contributed by atoms with E-state index in [1.54, 1.807) is 18.2 Å². The quantitative estimate of drug-likeness (QED) is 0.467.